The van der Waals surface area contributed by atoms with Gasteiger partial charge in [-0.1, -0.05) is 58.3 Å². The smallest absolute Gasteiger partial charge is 0.323 e. The molecule has 0 aromatic rings. The first-order valence-corrected chi connectivity index (χ1v) is 10.5. The molecular weight excluding hydrogens is 332 g/mol. The Morgan fingerprint density at radius 1 is 0.923 bits per heavy atom. The van der Waals surface area contributed by atoms with Crippen molar-refractivity contribution < 1.29 is 19.7 Å². The molecule has 0 aliphatic heterocycles. The molecule has 0 amide bonds. The van der Waals surface area contributed by atoms with Crippen molar-refractivity contribution in [2.75, 3.05) is 46.0 Å². The van der Waals surface area contributed by atoms with Gasteiger partial charge < -0.3 is 20.3 Å². The van der Waals surface area contributed by atoms with Crippen LogP contribution in [0.15, 0.2) is 0 Å². The number of esters is 1. The second kappa shape index (κ2) is 19.1. The predicted octanol–water partition coefficient (Wildman–Crippen LogP) is 2.33. The van der Waals surface area contributed by atoms with Gasteiger partial charge in [-0.05, 0) is 13.3 Å². The van der Waals surface area contributed by atoms with Crippen molar-refractivity contribution in [1.29, 1.82) is 0 Å². The average Bonchev–Trinajstić information content (AvgIpc) is 2.62. The molecule has 0 saturated heterocycles. The van der Waals surface area contributed by atoms with Gasteiger partial charge in [0.1, 0.15) is 6.04 Å². The predicted molar refractivity (Wildman–Crippen MR) is 106 cm³/mol. The van der Waals surface area contributed by atoms with Gasteiger partial charge >= 0.3 is 5.97 Å². The van der Waals surface area contributed by atoms with E-state index in [-0.39, 0.29) is 25.2 Å². The number of carbonyl (C=O) groups is 1. The summed E-state index contributed by atoms with van der Waals surface area (Å²) in [5, 5.41) is 21.4. The van der Waals surface area contributed by atoms with Gasteiger partial charge in [-0.3, -0.25) is 9.69 Å². The number of rotatable bonds is 19. The Morgan fingerprint density at radius 3 is 2.04 bits per heavy atom. The van der Waals surface area contributed by atoms with Crippen LogP contribution in [0.4, 0.5) is 0 Å². The van der Waals surface area contributed by atoms with Gasteiger partial charge in [-0.25, -0.2) is 0 Å². The summed E-state index contributed by atoms with van der Waals surface area (Å²) in [6, 6.07) is -0.264. The second-order valence-corrected chi connectivity index (χ2v) is 6.81. The van der Waals surface area contributed by atoms with Gasteiger partial charge in [0.15, 0.2) is 0 Å². The van der Waals surface area contributed by atoms with Crippen LogP contribution in [0.3, 0.4) is 0 Å². The summed E-state index contributed by atoms with van der Waals surface area (Å²) in [7, 11) is 0. The molecule has 156 valence electrons. The maximum atomic E-state index is 12.1. The lowest BCUT2D eigenvalue weighted by atomic mass is 10.0. The van der Waals surface area contributed by atoms with E-state index < -0.39 is 0 Å². The Labute approximate surface area is 160 Å². The largest absolute Gasteiger partial charge is 0.465 e. The van der Waals surface area contributed by atoms with E-state index in [0.29, 0.717) is 32.8 Å². The molecule has 1 unspecified atom stereocenters. The molecule has 3 N–H and O–H groups in total. The van der Waals surface area contributed by atoms with E-state index >= 15 is 0 Å². The van der Waals surface area contributed by atoms with E-state index in [0.717, 1.165) is 19.3 Å². The zero-order chi connectivity index (χ0) is 19.5. The minimum atomic E-state index is -0.264. The first kappa shape index (κ1) is 25.3. The lowest BCUT2D eigenvalue weighted by molar-refractivity contribution is -0.145. The number of ether oxygens (including phenoxy) is 1. The minimum absolute atomic E-state index is 0.0690. The standard InChI is InChI=1S/C20H42N2O4/c1-3-5-6-7-8-9-10-11-12-19(20(25)26-4-2)21-13-14-22(15-17-23)16-18-24/h19,21,23-24H,3-18H2,1-2H3. The molecule has 0 aliphatic carbocycles. The zero-order valence-corrected chi connectivity index (χ0v) is 17.0. The summed E-state index contributed by atoms with van der Waals surface area (Å²) in [5.74, 6) is -0.175. The highest BCUT2D eigenvalue weighted by Gasteiger charge is 2.18. The third-order valence-corrected chi connectivity index (χ3v) is 4.57. The highest BCUT2D eigenvalue weighted by Crippen LogP contribution is 2.11. The first-order valence-electron chi connectivity index (χ1n) is 10.5. The third-order valence-electron chi connectivity index (χ3n) is 4.57. The van der Waals surface area contributed by atoms with Crippen LogP contribution in [-0.2, 0) is 9.53 Å². The van der Waals surface area contributed by atoms with Crippen LogP contribution in [-0.4, -0.2) is 73.1 Å². The van der Waals surface area contributed by atoms with E-state index in [9.17, 15) is 4.79 Å². The molecule has 0 aromatic heterocycles. The van der Waals surface area contributed by atoms with Crippen molar-refractivity contribution in [2.45, 2.75) is 77.7 Å². The van der Waals surface area contributed by atoms with E-state index in [2.05, 4.69) is 12.2 Å². The summed E-state index contributed by atoms with van der Waals surface area (Å²) < 4.78 is 5.18. The molecule has 0 saturated carbocycles. The SMILES string of the molecule is CCCCCCCCCCC(NCCN(CCO)CCO)C(=O)OCC. The Bertz CT molecular complexity index is 310. The van der Waals surface area contributed by atoms with Crippen molar-refractivity contribution >= 4 is 5.97 Å². The van der Waals surface area contributed by atoms with Crippen molar-refractivity contribution in [3.8, 4) is 0 Å². The van der Waals surface area contributed by atoms with Gasteiger partial charge in [0.05, 0.1) is 19.8 Å². The van der Waals surface area contributed by atoms with E-state index in [1.54, 1.807) is 0 Å². The van der Waals surface area contributed by atoms with Crippen LogP contribution in [0.1, 0.15) is 71.6 Å². The average molecular weight is 375 g/mol. The molecule has 26 heavy (non-hydrogen) atoms. The van der Waals surface area contributed by atoms with Crippen LogP contribution in [0, 0.1) is 0 Å². The normalized spacial score (nSPS) is 12.5. The van der Waals surface area contributed by atoms with Gasteiger partial charge in [-0.2, -0.15) is 0 Å². The highest BCUT2D eigenvalue weighted by molar-refractivity contribution is 5.75. The van der Waals surface area contributed by atoms with Crippen LogP contribution in [0.25, 0.3) is 0 Å². The lowest BCUT2D eigenvalue weighted by Gasteiger charge is -2.22. The summed E-state index contributed by atoms with van der Waals surface area (Å²) >= 11 is 0. The topological polar surface area (TPSA) is 82.0 Å². The number of unbranched alkanes of at least 4 members (excludes halogenated alkanes) is 7. The number of hydrogen-bond donors (Lipinski definition) is 3. The summed E-state index contributed by atoms with van der Waals surface area (Å²) in [5.41, 5.74) is 0. The molecule has 0 spiro atoms. The van der Waals surface area contributed by atoms with Crippen LogP contribution in [0.2, 0.25) is 0 Å². The van der Waals surface area contributed by atoms with Crippen LogP contribution < -0.4 is 5.32 Å². The fraction of sp³-hybridized carbons (Fsp3) is 0.950. The Balaban J connectivity index is 4.06. The summed E-state index contributed by atoms with van der Waals surface area (Å²) in [6.45, 7) is 6.99. The number of carbonyl (C=O) groups excluding carboxylic acids is 1. The van der Waals surface area contributed by atoms with E-state index in [1.807, 2.05) is 11.8 Å². The Kier molecular flexibility index (Phi) is 18.6. The molecule has 0 heterocycles. The van der Waals surface area contributed by atoms with Crippen molar-refractivity contribution in [3.63, 3.8) is 0 Å². The third kappa shape index (κ3) is 14.5. The Morgan fingerprint density at radius 2 is 1.50 bits per heavy atom. The summed E-state index contributed by atoms with van der Waals surface area (Å²) in [6.07, 6.45) is 10.8. The maximum absolute atomic E-state index is 12.1. The quantitative estimate of drug-likeness (QED) is 0.238. The second-order valence-electron chi connectivity index (χ2n) is 6.81. The molecule has 0 bridgehead atoms. The van der Waals surface area contributed by atoms with E-state index in [4.69, 9.17) is 14.9 Å². The number of nitrogens with one attached hydrogen (secondary N) is 1. The maximum Gasteiger partial charge on any atom is 0.323 e. The molecular formula is C20H42N2O4. The minimum Gasteiger partial charge on any atom is -0.465 e. The fourth-order valence-electron chi connectivity index (χ4n) is 3.04. The lowest BCUT2D eigenvalue weighted by Crippen LogP contribution is -2.43. The van der Waals surface area contributed by atoms with Crippen LogP contribution in [0.5, 0.6) is 0 Å². The molecule has 0 radical (unpaired) electrons. The Hall–Kier alpha value is -0.690. The number of hydrogen-bond acceptors (Lipinski definition) is 6. The molecule has 0 fully saturated rings. The molecule has 6 heteroatoms. The number of nitrogens with zero attached hydrogens (tertiary/aromatic N) is 1. The van der Waals surface area contributed by atoms with Gasteiger partial charge in [-0.15, -0.1) is 0 Å². The first-order chi connectivity index (χ1) is 12.7. The monoisotopic (exact) mass is 374 g/mol. The number of aliphatic hydroxyl groups is 2. The molecule has 0 aromatic carbocycles. The van der Waals surface area contributed by atoms with Gasteiger partial charge in [0.25, 0.3) is 0 Å². The zero-order valence-electron chi connectivity index (χ0n) is 17.0. The molecule has 6 nitrogen and oxygen atoms in total. The van der Waals surface area contributed by atoms with Crippen molar-refractivity contribution in [1.82, 2.24) is 10.2 Å². The molecule has 0 aliphatic rings. The molecule has 1 atom stereocenters. The summed E-state index contributed by atoms with van der Waals surface area (Å²) in [4.78, 5) is 14.1. The fourth-order valence-corrected chi connectivity index (χ4v) is 3.04. The van der Waals surface area contributed by atoms with Crippen molar-refractivity contribution in [3.05, 3.63) is 0 Å². The highest BCUT2D eigenvalue weighted by atomic mass is 16.5. The van der Waals surface area contributed by atoms with Crippen molar-refractivity contribution in [2.24, 2.45) is 0 Å². The molecule has 0 rings (SSSR count). The van der Waals surface area contributed by atoms with Gasteiger partial charge in [0.2, 0.25) is 0 Å². The van der Waals surface area contributed by atoms with Crippen LogP contribution >= 0.6 is 0 Å². The van der Waals surface area contributed by atoms with E-state index in [1.165, 1.54) is 38.5 Å². The number of aliphatic hydroxyl groups excluding tert-OH is 2. The van der Waals surface area contributed by atoms with Gasteiger partial charge in [0, 0.05) is 26.2 Å².